The molecule has 3 N–H and O–H groups in total. The highest BCUT2D eigenvalue weighted by Gasteiger charge is 2.35. The smallest absolute Gasteiger partial charge is 0.251 e. The molecule has 2 rings (SSSR count). The molecule has 0 aromatic carbocycles. The Morgan fingerprint density at radius 1 is 1.72 bits per heavy atom. The van der Waals surface area contributed by atoms with E-state index in [0.717, 1.165) is 6.42 Å². The Hall–Kier alpha value is -1.66. The number of nitrogens with one attached hydrogen (secondary N) is 1. The summed E-state index contributed by atoms with van der Waals surface area (Å²) in [6.07, 6.45) is 2.29. The number of ether oxygens (including phenoxy) is 2. The molecule has 1 aromatic rings. The van der Waals surface area contributed by atoms with Gasteiger partial charge >= 0.3 is 0 Å². The third-order valence-electron chi connectivity index (χ3n) is 3.11. The second kappa shape index (κ2) is 5.32. The fourth-order valence-corrected chi connectivity index (χ4v) is 1.89. The van der Waals surface area contributed by atoms with E-state index in [4.69, 9.17) is 15.2 Å². The molecule has 0 saturated carbocycles. The molecule has 98 valence electrons. The largest absolute Gasteiger partial charge is 0.384 e. The Labute approximate surface area is 105 Å². The summed E-state index contributed by atoms with van der Waals surface area (Å²) in [4.78, 5) is 15.8. The van der Waals surface area contributed by atoms with Crippen LogP contribution in [-0.4, -0.2) is 43.4 Å². The van der Waals surface area contributed by atoms with Gasteiger partial charge in [0.2, 0.25) is 0 Å². The first-order chi connectivity index (χ1) is 8.65. The number of amides is 1. The van der Waals surface area contributed by atoms with Crippen LogP contribution in [-0.2, 0) is 9.47 Å². The van der Waals surface area contributed by atoms with E-state index in [0.29, 0.717) is 31.1 Å². The molecule has 1 saturated heterocycles. The minimum absolute atomic E-state index is 0.188. The average Bonchev–Trinajstić information content (AvgIpc) is 2.85. The number of carbonyl (C=O) groups is 1. The van der Waals surface area contributed by atoms with Crippen LogP contribution >= 0.6 is 0 Å². The number of hydrogen-bond donors (Lipinski definition) is 2. The normalized spacial score (nSPS) is 22.9. The predicted octanol–water partition coefficient (Wildman–Crippen LogP) is 0.199. The topological polar surface area (TPSA) is 86.5 Å². The first-order valence-electron chi connectivity index (χ1n) is 5.78. The van der Waals surface area contributed by atoms with E-state index in [1.54, 1.807) is 19.2 Å². The second-order valence-corrected chi connectivity index (χ2v) is 4.34. The predicted molar refractivity (Wildman–Crippen MR) is 66.2 cm³/mol. The lowest BCUT2D eigenvalue weighted by atomic mass is 10.0. The van der Waals surface area contributed by atoms with Gasteiger partial charge in [0.05, 0.1) is 6.61 Å². The molecule has 18 heavy (non-hydrogen) atoms. The molecule has 1 aliphatic rings. The van der Waals surface area contributed by atoms with Gasteiger partial charge in [-0.25, -0.2) is 4.98 Å². The Morgan fingerprint density at radius 3 is 3.17 bits per heavy atom. The highest BCUT2D eigenvalue weighted by Crippen LogP contribution is 2.21. The van der Waals surface area contributed by atoms with E-state index >= 15 is 0 Å². The van der Waals surface area contributed by atoms with Gasteiger partial charge in [-0.1, -0.05) is 0 Å². The highest BCUT2D eigenvalue weighted by atomic mass is 16.5. The maximum absolute atomic E-state index is 11.9. The number of hydrogen-bond acceptors (Lipinski definition) is 5. The van der Waals surface area contributed by atoms with Gasteiger partial charge in [0.1, 0.15) is 11.4 Å². The van der Waals surface area contributed by atoms with Crippen LogP contribution < -0.4 is 11.1 Å². The zero-order chi connectivity index (χ0) is 13.0. The summed E-state index contributed by atoms with van der Waals surface area (Å²) in [6, 6.07) is 3.16. The number of methoxy groups -OCH3 is 1. The van der Waals surface area contributed by atoms with Crippen LogP contribution in [0.15, 0.2) is 18.3 Å². The fourth-order valence-electron chi connectivity index (χ4n) is 1.89. The molecule has 0 aliphatic carbocycles. The number of pyridine rings is 1. The Balaban J connectivity index is 1.96. The lowest BCUT2D eigenvalue weighted by Crippen LogP contribution is -2.45. The lowest BCUT2D eigenvalue weighted by molar-refractivity contribution is -0.0148. The molecule has 1 amide bonds. The lowest BCUT2D eigenvalue weighted by Gasteiger charge is -2.25. The molecule has 1 aromatic heterocycles. The molecule has 1 atom stereocenters. The van der Waals surface area contributed by atoms with Crippen LogP contribution in [0.4, 0.5) is 5.82 Å². The van der Waals surface area contributed by atoms with Crippen molar-refractivity contribution in [3.8, 4) is 0 Å². The van der Waals surface area contributed by atoms with Gasteiger partial charge in [-0.05, 0) is 12.1 Å². The quantitative estimate of drug-likeness (QED) is 0.798. The number of nitrogens with two attached hydrogens (primary N) is 1. The highest BCUT2D eigenvalue weighted by molar-refractivity contribution is 5.94. The van der Waals surface area contributed by atoms with Gasteiger partial charge in [-0.3, -0.25) is 4.79 Å². The van der Waals surface area contributed by atoms with Crippen molar-refractivity contribution in [2.24, 2.45) is 0 Å². The standard InChI is InChI=1S/C12H17N3O3/c1-17-12(3-5-18-8-12)7-15-11(16)9-2-4-14-10(13)6-9/h2,4,6H,3,5,7-8H2,1H3,(H2,13,14)(H,15,16). The molecule has 6 heteroatoms. The van der Waals surface area contributed by atoms with Crippen LogP contribution in [0.3, 0.4) is 0 Å². The van der Waals surface area contributed by atoms with Gasteiger partial charge in [0.15, 0.2) is 0 Å². The molecular formula is C12H17N3O3. The average molecular weight is 251 g/mol. The maximum atomic E-state index is 11.9. The van der Waals surface area contributed by atoms with E-state index < -0.39 is 5.60 Å². The number of aromatic nitrogens is 1. The number of nitrogens with zero attached hydrogens (tertiary/aromatic N) is 1. The zero-order valence-corrected chi connectivity index (χ0v) is 10.3. The minimum Gasteiger partial charge on any atom is -0.384 e. The maximum Gasteiger partial charge on any atom is 0.251 e. The van der Waals surface area contributed by atoms with Crippen molar-refractivity contribution in [1.29, 1.82) is 0 Å². The van der Waals surface area contributed by atoms with E-state index in [1.807, 2.05) is 0 Å². The first kappa shape index (κ1) is 12.8. The van der Waals surface area contributed by atoms with Crippen molar-refractivity contribution < 1.29 is 14.3 Å². The summed E-state index contributed by atoms with van der Waals surface area (Å²) in [5, 5.41) is 2.83. The molecule has 0 bridgehead atoms. The van der Waals surface area contributed by atoms with Crippen molar-refractivity contribution in [1.82, 2.24) is 10.3 Å². The summed E-state index contributed by atoms with van der Waals surface area (Å²) in [7, 11) is 1.63. The van der Waals surface area contributed by atoms with E-state index in [1.165, 1.54) is 6.20 Å². The van der Waals surface area contributed by atoms with Gasteiger partial charge in [0, 0.05) is 38.4 Å². The molecule has 0 radical (unpaired) electrons. The van der Waals surface area contributed by atoms with Gasteiger partial charge in [-0.2, -0.15) is 0 Å². The van der Waals surface area contributed by atoms with Gasteiger partial charge < -0.3 is 20.5 Å². The summed E-state index contributed by atoms with van der Waals surface area (Å²) < 4.78 is 10.7. The van der Waals surface area contributed by atoms with Crippen molar-refractivity contribution in [2.45, 2.75) is 12.0 Å². The molecular weight excluding hydrogens is 234 g/mol. The molecule has 6 nitrogen and oxygen atoms in total. The molecule has 1 aliphatic heterocycles. The van der Waals surface area contributed by atoms with Crippen LogP contribution in [0, 0.1) is 0 Å². The van der Waals surface area contributed by atoms with Crippen LogP contribution in [0.2, 0.25) is 0 Å². The van der Waals surface area contributed by atoms with E-state index in [9.17, 15) is 4.79 Å². The molecule has 1 fully saturated rings. The van der Waals surface area contributed by atoms with Crippen LogP contribution in [0.1, 0.15) is 16.8 Å². The van der Waals surface area contributed by atoms with Gasteiger partial charge in [-0.15, -0.1) is 0 Å². The van der Waals surface area contributed by atoms with Crippen LogP contribution in [0.25, 0.3) is 0 Å². The summed E-state index contributed by atoms with van der Waals surface area (Å²) >= 11 is 0. The van der Waals surface area contributed by atoms with E-state index in [-0.39, 0.29) is 5.91 Å². The third-order valence-corrected chi connectivity index (χ3v) is 3.11. The number of carbonyl (C=O) groups excluding carboxylic acids is 1. The monoisotopic (exact) mass is 251 g/mol. The third kappa shape index (κ3) is 2.77. The Kier molecular flexibility index (Phi) is 3.78. The summed E-state index contributed by atoms with van der Waals surface area (Å²) in [5.41, 5.74) is 5.62. The first-order valence-corrected chi connectivity index (χ1v) is 5.78. The van der Waals surface area contributed by atoms with Crippen LogP contribution in [0.5, 0.6) is 0 Å². The molecule has 0 spiro atoms. The zero-order valence-electron chi connectivity index (χ0n) is 10.3. The van der Waals surface area contributed by atoms with E-state index in [2.05, 4.69) is 10.3 Å². The second-order valence-electron chi connectivity index (χ2n) is 4.34. The van der Waals surface area contributed by atoms with Crippen molar-refractivity contribution in [3.05, 3.63) is 23.9 Å². The Morgan fingerprint density at radius 2 is 2.56 bits per heavy atom. The summed E-state index contributed by atoms with van der Waals surface area (Å²) in [6.45, 7) is 1.58. The SMILES string of the molecule is COC1(CNC(=O)c2ccnc(N)c2)CCOC1. The van der Waals surface area contributed by atoms with Crippen molar-refractivity contribution >= 4 is 11.7 Å². The van der Waals surface area contributed by atoms with Crippen molar-refractivity contribution in [2.75, 3.05) is 32.6 Å². The summed E-state index contributed by atoms with van der Waals surface area (Å²) in [5.74, 6) is 0.140. The molecule has 2 heterocycles. The Bertz CT molecular complexity index is 430. The fraction of sp³-hybridized carbons (Fsp3) is 0.500. The van der Waals surface area contributed by atoms with Gasteiger partial charge in [0.25, 0.3) is 5.91 Å². The number of rotatable bonds is 4. The number of anilines is 1. The minimum atomic E-state index is -0.408. The number of nitrogen functional groups attached to an aromatic ring is 1. The molecule has 1 unspecified atom stereocenters. The van der Waals surface area contributed by atoms with Crippen molar-refractivity contribution in [3.63, 3.8) is 0 Å².